The van der Waals surface area contributed by atoms with Crippen molar-refractivity contribution in [2.75, 3.05) is 13.2 Å². The van der Waals surface area contributed by atoms with Gasteiger partial charge in [0.1, 0.15) is 75.2 Å². The molecule has 0 N–H and O–H groups in total. The van der Waals surface area contributed by atoms with Gasteiger partial charge in [-0.2, -0.15) is 13.2 Å². The van der Waals surface area contributed by atoms with E-state index < -0.39 is 92.2 Å². The highest BCUT2D eigenvalue weighted by atomic mass is 19.4. The normalized spacial score (nSPS) is 12.2. The fraction of sp³-hybridized carbons (Fsp3) is 0.234. The van der Waals surface area contributed by atoms with Gasteiger partial charge in [0.05, 0.1) is 24.3 Å². The fourth-order valence-electron chi connectivity index (χ4n) is 7.10. The number of hydrogen-bond acceptors (Lipinski definition) is 2. The average Bonchev–Trinajstić information content (AvgIpc) is 3.18. The Morgan fingerprint density at radius 3 is 1.15 bits per heavy atom. The van der Waals surface area contributed by atoms with Crippen molar-refractivity contribution in [2.24, 2.45) is 5.92 Å². The number of alkyl halides is 3. The lowest BCUT2D eigenvalue weighted by Crippen LogP contribution is -2.11. The lowest BCUT2D eigenvalue weighted by atomic mass is 9.95. The second-order valence-corrected chi connectivity index (χ2v) is 14.5. The number of benzene rings is 6. The summed E-state index contributed by atoms with van der Waals surface area (Å²) >= 11 is 0. The van der Waals surface area contributed by atoms with Gasteiger partial charge in [0, 0.05) is 41.0 Å². The van der Waals surface area contributed by atoms with Gasteiger partial charge in [0.2, 0.25) is 0 Å². The maximum absolute atomic E-state index is 15.1. The quantitative estimate of drug-likeness (QED) is 0.0756. The zero-order valence-corrected chi connectivity index (χ0v) is 32.8. The van der Waals surface area contributed by atoms with Crippen LogP contribution in [0.25, 0.3) is 44.5 Å². The van der Waals surface area contributed by atoms with Gasteiger partial charge in [0.15, 0.2) is 0 Å². The first-order valence-electron chi connectivity index (χ1n) is 19.2. The second-order valence-electron chi connectivity index (χ2n) is 14.5. The molecule has 0 heterocycles. The molecule has 15 heteroatoms. The Morgan fingerprint density at radius 1 is 0.452 bits per heavy atom. The second kappa shape index (κ2) is 19.0. The third-order valence-electron chi connectivity index (χ3n) is 10.4. The maximum Gasteiger partial charge on any atom is 0.422 e. The Kier molecular flexibility index (Phi) is 13.9. The molecule has 6 aromatic rings. The van der Waals surface area contributed by atoms with Gasteiger partial charge in [-0.1, -0.05) is 37.6 Å². The first-order chi connectivity index (χ1) is 29.4. The molecule has 0 aliphatic heterocycles. The third kappa shape index (κ3) is 10.2. The van der Waals surface area contributed by atoms with Crippen LogP contribution in [0.1, 0.15) is 50.2 Å². The van der Waals surface area contributed by atoms with Crippen LogP contribution >= 0.6 is 0 Å². The molecule has 62 heavy (non-hydrogen) atoms. The van der Waals surface area contributed by atoms with Crippen LogP contribution in [0.15, 0.2) is 84.9 Å². The van der Waals surface area contributed by atoms with E-state index in [1.54, 1.807) is 0 Å². The molecule has 0 fully saturated rings. The van der Waals surface area contributed by atoms with Crippen LogP contribution in [0.3, 0.4) is 0 Å². The summed E-state index contributed by atoms with van der Waals surface area (Å²) in [6.07, 6.45) is -2.26. The van der Waals surface area contributed by atoms with E-state index in [1.807, 2.05) is 6.92 Å². The monoisotopic (exact) mass is 878 g/mol. The van der Waals surface area contributed by atoms with Gasteiger partial charge in [-0.05, 0) is 97.2 Å². The van der Waals surface area contributed by atoms with Crippen LogP contribution in [-0.2, 0) is 6.18 Å². The smallest absolute Gasteiger partial charge is 0.422 e. The van der Waals surface area contributed by atoms with Crippen LogP contribution in [-0.4, -0.2) is 13.2 Å². The molecule has 326 valence electrons. The molecule has 0 aliphatic rings. The number of hydrogen-bond donors (Lipinski definition) is 0. The van der Waals surface area contributed by atoms with Gasteiger partial charge in [-0.25, -0.2) is 43.9 Å². The van der Waals surface area contributed by atoms with Gasteiger partial charge in [-0.3, -0.25) is 0 Å². The minimum atomic E-state index is -5.33. The predicted molar refractivity (Wildman–Crippen MR) is 207 cm³/mol. The first kappa shape index (κ1) is 45.5. The Hall–Kier alpha value is -5.99. The molecule has 2 nitrogen and oxygen atoms in total. The zero-order chi connectivity index (χ0) is 45.0. The highest BCUT2D eigenvalue weighted by molar-refractivity contribution is 5.74. The molecular formula is C47H35F13O2. The van der Waals surface area contributed by atoms with Crippen molar-refractivity contribution in [3.63, 3.8) is 0 Å². The maximum atomic E-state index is 15.1. The van der Waals surface area contributed by atoms with Crippen molar-refractivity contribution in [3.8, 4) is 56.0 Å². The minimum Gasteiger partial charge on any atom is -0.493 e. The summed E-state index contributed by atoms with van der Waals surface area (Å²) in [5.74, 6) is -12.1. The molecular weight excluding hydrogens is 843 g/mol. The molecule has 0 bridgehead atoms. The summed E-state index contributed by atoms with van der Waals surface area (Å²) < 4.78 is 197. The van der Waals surface area contributed by atoms with E-state index in [0.717, 1.165) is 61.0 Å². The molecule has 0 saturated carbocycles. The lowest BCUT2D eigenvalue weighted by Gasteiger charge is -2.16. The predicted octanol–water partition coefficient (Wildman–Crippen LogP) is 15.1. The number of ether oxygens (including phenoxy) is 2. The molecule has 0 radical (unpaired) electrons. The highest BCUT2D eigenvalue weighted by Crippen LogP contribution is 2.39. The number of halogens is 13. The van der Waals surface area contributed by atoms with E-state index in [1.165, 1.54) is 19.1 Å². The van der Waals surface area contributed by atoms with Crippen LogP contribution in [0.4, 0.5) is 57.1 Å². The average molecular weight is 879 g/mol. The summed E-state index contributed by atoms with van der Waals surface area (Å²) in [5, 5.41) is 0. The van der Waals surface area contributed by atoms with Gasteiger partial charge < -0.3 is 9.47 Å². The summed E-state index contributed by atoms with van der Waals surface area (Å²) in [5.41, 5.74) is -5.24. The van der Waals surface area contributed by atoms with E-state index in [0.29, 0.717) is 43.9 Å². The molecule has 1 unspecified atom stereocenters. The third-order valence-corrected chi connectivity index (χ3v) is 10.4. The SMILES string of the molecule is CCC(CCCOc1cc(F)c(-c2ccc(-c3cc(F)c(C)c(F)c3)c(F)c2)c(F)c1)CCCOc1cc(F)c(-c2ccc(-c3cc(F)c(C(F)(F)F)c(F)c3)c(F)c2)c(F)c1. The van der Waals surface area contributed by atoms with Crippen molar-refractivity contribution < 1.29 is 66.5 Å². The Morgan fingerprint density at radius 2 is 0.806 bits per heavy atom. The van der Waals surface area contributed by atoms with E-state index in [4.69, 9.17) is 9.47 Å². The summed E-state index contributed by atoms with van der Waals surface area (Å²) in [6, 6.07) is 12.2. The Balaban J connectivity index is 0.985. The van der Waals surface area contributed by atoms with E-state index >= 15 is 26.3 Å². The minimum absolute atomic E-state index is 0.0772. The van der Waals surface area contributed by atoms with Crippen LogP contribution < -0.4 is 9.47 Å². The first-order valence-corrected chi connectivity index (χ1v) is 19.2. The molecule has 0 saturated heterocycles. The van der Waals surface area contributed by atoms with E-state index in [9.17, 15) is 30.7 Å². The molecule has 0 amide bonds. The van der Waals surface area contributed by atoms with Crippen molar-refractivity contribution >= 4 is 0 Å². The summed E-state index contributed by atoms with van der Waals surface area (Å²) in [7, 11) is 0. The van der Waals surface area contributed by atoms with Crippen molar-refractivity contribution in [2.45, 2.75) is 52.1 Å². The largest absolute Gasteiger partial charge is 0.493 e. The van der Waals surface area contributed by atoms with Gasteiger partial charge in [0.25, 0.3) is 0 Å². The van der Waals surface area contributed by atoms with Crippen LogP contribution in [0.5, 0.6) is 11.5 Å². The van der Waals surface area contributed by atoms with Crippen LogP contribution in [0.2, 0.25) is 0 Å². The van der Waals surface area contributed by atoms with Crippen molar-refractivity contribution in [3.05, 3.63) is 154 Å². The topological polar surface area (TPSA) is 18.5 Å². The number of rotatable bonds is 15. The van der Waals surface area contributed by atoms with E-state index in [-0.39, 0.29) is 58.4 Å². The van der Waals surface area contributed by atoms with Crippen molar-refractivity contribution in [1.29, 1.82) is 0 Å². The Bertz CT molecular complexity index is 2510. The van der Waals surface area contributed by atoms with Crippen molar-refractivity contribution in [1.82, 2.24) is 0 Å². The molecule has 6 aromatic carbocycles. The molecule has 0 aromatic heterocycles. The van der Waals surface area contributed by atoms with Crippen LogP contribution in [0, 0.1) is 71.0 Å². The molecule has 0 aliphatic carbocycles. The molecule has 6 rings (SSSR count). The van der Waals surface area contributed by atoms with E-state index in [2.05, 4.69) is 0 Å². The summed E-state index contributed by atoms with van der Waals surface area (Å²) in [4.78, 5) is 0. The lowest BCUT2D eigenvalue weighted by molar-refractivity contribution is -0.142. The highest BCUT2D eigenvalue weighted by Gasteiger charge is 2.38. The fourth-order valence-corrected chi connectivity index (χ4v) is 7.10. The summed E-state index contributed by atoms with van der Waals surface area (Å²) in [6.45, 7) is 3.39. The van der Waals surface area contributed by atoms with Gasteiger partial charge >= 0.3 is 6.18 Å². The molecule has 1 atom stereocenters. The molecule has 0 spiro atoms. The Labute approximate surface area is 347 Å². The standard InChI is InChI=1S/C47H35F13O2/c1-3-25(6-4-12-61-30-20-38(52)44(39(53)21-30)26-8-10-32(36(50)14-26)28-16-34(48)24(2)35(49)17-28)7-5-13-62-31-22-40(54)45(41(55)23-31)27-9-11-33(37(51)15-27)29-18-42(56)46(43(57)19-29)47(58,59)60/h8-11,14-23,25H,3-7,12-13H2,1-2H3. The zero-order valence-electron chi connectivity index (χ0n) is 32.8. The van der Waals surface area contributed by atoms with Gasteiger partial charge in [-0.15, -0.1) is 0 Å².